The molecule has 7 nitrogen and oxygen atoms in total. The fourth-order valence-corrected chi connectivity index (χ4v) is 3.32. The normalized spacial score (nSPS) is 12.6. The van der Waals surface area contributed by atoms with Crippen LogP contribution in [0.25, 0.3) is 11.1 Å². The molecule has 0 aliphatic carbocycles. The molecule has 3 aromatic carbocycles. The molecular weight excluding hydrogens is 406 g/mol. The second kappa shape index (κ2) is 9.77. The van der Waals surface area contributed by atoms with Crippen molar-refractivity contribution in [2.24, 2.45) is 0 Å². The number of rotatable bonds is 7. The van der Waals surface area contributed by atoms with Gasteiger partial charge in [0.15, 0.2) is 11.7 Å². The van der Waals surface area contributed by atoms with Gasteiger partial charge in [-0.1, -0.05) is 54.6 Å². The monoisotopic (exact) mass is 427 g/mol. The highest BCUT2D eigenvalue weighted by molar-refractivity contribution is 5.72. The Balaban J connectivity index is 1.52. The van der Waals surface area contributed by atoms with Crippen LogP contribution >= 0.6 is 0 Å². The SMILES string of the molecule is N#Cc1ccc(C[C@H](NC(=O)OCc2ccccc2)C(O)c2nc3ccccc3o2)cc1. The number of carbonyl (C=O) groups excluding carboxylic acids is 1. The average molecular weight is 427 g/mol. The van der Waals surface area contributed by atoms with E-state index in [0.29, 0.717) is 16.7 Å². The van der Waals surface area contributed by atoms with E-state index in [-0.39, 0.29) is 18.9 Å². The van der Waals surface area contributed by atoms with Gasteiger partial charge in [0.05, 0.1) is 17.7 Å². The van der Waals surface area contributed by atoms with Gasteiger partial charge in [0.1, 0.15) is 12.1 Å². The van der Waals surface area contributed by atoms with Crippen molar-refractivity contribution < 1.29 is 19.1 Å². The maximum Gasteiger partial charge on any atom is 0.407 e. The fraction of sp³-hybridized carbons (Fsp3) is 0.160. The zero-order chi connectivity index (χ0) is 22.3. The van der Waals surface area contributed by atoms with E-state index in [1.807, 2.05) is 42.5 Å². The van der Waals surface area contributed by atoms with E-state index >= 15 is 0 Å². The average Bonchev–Trinajstić information content (AvgIpc) is 3.27. The van der Waals surface area contributed by atoms with Gasteiger partial charge in [-0.05, 0) is 41.8 Å². The van der Waals surface area contributed by atoms with Gasteiger partial charge < -0.3 is 19.6 Å². The first-order chi connectivity index (χ1) is 15.6. The summed E-state index contributed by atoms with van der Waals surface area (Å²) >= 11 is 0. The van der Waals surface area contributed by atoms with Crippen molar-refractivity contribution >= 4 is 17.2 Å². The number of hydrogen-bond donors (Lipinski definition) is 2. The number of nitriles is 1. The third-order valence-corrected chi connectivity index (χ3v) is 5.00. The fourth-order valence-electron chi connectivity index (χ4n) is 3.32. The number of aromatic nitrogens is 1. The van der Waals surface area contributed by atoms with Crippen LogP contribution in [0.1, 0.15) is 28.7 Å². The number of benzene rings is 3. The highest BCUT2D eigenvalue weighted by Crippen LogP contribution is 2.24. The molecule has 2 atom stereocenters. The van der Waals surface area contributed by atoms with E-state index in [0.717, 1.165) is 11.1 Å². The highest BCUT2D eigenvalue weighted by Gasteiger charge is 2.28. The summed E-state index contributed by atoms with van der Waals surface area (Å²) in [5.41, 5.74) is 3.37. The summed E-state index contributed by atoms with van der Waals surface area (Å²) < 4.78 is 11.0. The summed E-state index contributed by atoms with van der Waals surface area (Å²) in [4.78, 5) is 16.8. The summed E-state index contributed by atoms with van der Waals surface area (Å²) in [5, 5.41) is 22.7. The number of aliphatic hydroxyl groups excluding tert-OH is 1. The van der Waals surface area contributed by atoms with Gasteiger partial charge in [0.25, 0.3) is 0 Å². The lowest BCUT2D eigenvalue weighted by Crippen LogP contribution is -2.41. The molecule has 0 fully saturated rings. The summed E-state index contributed by atoms with van der Waals surface area (Å²) in [5.74, 6) is 0.105. The number of alkyl carbamates (subject to hydrolysis) is 1. The lowest BCUT2D eigenvalue weighted by Gasteiger charge is -2.22. The van der Waals surface area contributed by atoms with Crippen LogP contribution in [-0.4, -0.2) is 22.2 Å². The van der Waals surface area contributed by atoms with Gasteiger partial charge in [-0.25, -0.2) is 9.78 Å². The maximum absolute atomic E-state index is 12.5. The smallest absolute Gasteiger partial charge is 0.407 e. The largest absolute Gasteiger partial charge is 0.445 e. The Bertz CT molecular complexity index is 1200. The van der Waals surface area contributed by atoms with Crippen LogP contribution in [0.4, 0.5) is 4.79 Å². The van der Waals surface area contributed by atoms with E-state index < -0.39 is 18.2 Å². The second-order valence-corrected chi connectivity index (χ2v) is 7.29. The molecule has 0 aliphatic rings. The third-order valence-electron chi connectivity index (χ3n) is 5.00. The summed E-state index contributed by atoms with van der Waals surface area (Å²) in [6.07, 6.45) is -1.59. The van der Waals surface area contributed by atoms with E-state index in [2.05, 4.69) is 16.4 Å². The van der Waals surface area contributed by atoms with Crippen molar-refractivity contribution in [3.63, 3.8) is 0 Å². The Labute approximate surface area is 184 Å². The lowest BCUT2D eigenvalue weighted by atomic mass is 10.0. The van der Waals surface area contributed by atoms with Gasteiger partial charge in [-0.2, -0.15) is 5.26 Å². The van der Waals surface area contributed by atoms with Crippen molar-refractivity contribution in [2.45, 2.75) is 25.2 Å². The number of nitrogens with one attached hydrogen (secondary N) is 1. The Morgan fingerprint density at radius 2 is 1.75 bits per heavy atom. The minimum absolute atomic E-state index is 0.105. The number of para-hydroxylation sites is 2. The Kier molecular flexibility index (Phi) is 6.44. The molecule has 0 saturated carbocycles. The Morgan fingerprint density at radius 1 is 1.03 bits per heavy atom. The molecule has 0 aliphatic heterocycles. The van der Waals surface area contributed by atoms with Crippen LogP contribution in [-0.2, 0) is 17.8 Å². The van der Waals surface area contributed by atoms with Crippen molar-refractivity contribution in [1.82, 2.24) is 10.3 Å². The molecule has 1 amide bonds. The predicted octanol–water partition coefficient (Wildman–Crippen LogP) is 4.27. The van der Waals surface area contributed by atoms with Crippen LogP contribution in [0, 0.1) is 11.3 Å². The minimum Gasteiger partial charge on any atom is -0.445 e. The number of oxazole rings is 1. The Hall–Kier alpha value is -4.15. The van der Waals surface area contributed by atoms with E-state index in [4.69, 9.17) is 14.4 Å². The van der Waals surface area contributed by atoms with Crippen molar-refractivity contribution in [3.05, 3.63) is 101 Å². The van der Waals surface area contributed by atoms with Gasteiger partial charge in [-0.15, -0.1) is 0 Å². The molecule has 4 rings (SSSR count). The predicted molar refractivity (Wildman–Crippen MR) is 117 cm³/mol. The van der Waals surface area contributed by atoms with Crippen LogP contribution in [0.5, 0.6) is 0 Å². The minimum atomic E-state index is -1.21. The molecule has 2 N–H and O–H groups in total. The molecule has 0 saturated heterocycles. The van der Waals surface area contributed by atoms with Crippen LogP contribution in [0.2, 0.25) is 0 Å². The maximum atomic E-state index is 12.5. The number of hydrogen-bond acceptors (Lipinski definition) is 6. The molecule has 1 aromatic heterocycles. The van der Waals surface area contributed by atoms with Crippen molar-refractivity contribution in [1.29, 1.82) is 5.26 Å². The molecule has 7 heteroatoms. The van der Waals surface area contributed by atoms with Gasteiger partial charge >= 0.3 is 6.09 Å². The summed E-state index contributed by atoms with van der Waals surface area (Å²) in [6.45, 7) is 0.106. The first-order valence-electron chi connectivity index (χ1n) is 10.1. The van der Waals surface area contributed by atoms with E-state index in [1.54, 1.807) is 36.4 Å². The number of nitrogens with zero attached hydrogens (tertiary/aromatic N) is 2. The lowest BCUT2D eigenvalue weighted by molar-refractivity contribution is 0.0862. The molecule has 32 heavy (non-hydrogen) atoms. The highest BCUT2D eigenvalue weighted by atomic mass is 16.5. The molecular formula is C25H21N3O4. The topological polar surface area (TPSA) is 108 Å². The van der Waals surface area contributed by atoms with E-state index in [1.165, 1.54) is 0 Å². The number of amides is 1. The van der Waals surface area contributed by atoms with Gasteiger partial charge in [-0.3, -0.25) is 0 Å². The van der Waals surface area contributed by atoms with Crippen LogP contribution in [0.3, 0.4) is 0 Å². The van der Waals surface area contributed by atoms with Crippen molar-refractivity contribution in [3.8, 4) is 6.07 Å². The molecule has 160 valence electrons. The zero-order valence-corrected chi connectivity index (χ0v) is 17.1. The van der Waals surface area contributed by atoms with Crippen LogP contribution in [0.15, 0.2) is 83.3 Å². The van der Waals surface area contributed by atoms with Crippen molar-refractivity contribution in [2.75, 3.05) is 0 Å². The first kappa shape index (κ1) is 21.1. The van der Waals surface area contributed by atoms with Gasteiger partial charge in [0.2, 0.25) is 5.89 Å². The molecule has 0 radical (unpaired) electrons. The van der Waals surface area contributed by atoms with Crippen LogP contribution < -0.4 is 5.32 Å². The molecule has 4 aromatic rings. The van der Waals surface area contributed by atoms with E-state index in [9.17, 15) is 9.90 Å². The number of fused-ring (bicyclic) bond motifs is 1. The second-order valence-electron chi connectivity index (χ2n) is 7.29. The standard InChI is InChI=1S/C25H21N3O4/c26-15-18-12-10-17(11-13-18)14-21(28-25(30)31-16-19-6-2-1-3-7-19)23(29)24-27-20-8-4-5-9-22(20)32-24/h1-13,21,23,29H,14,16H2,(H,28,30)/t21-,23?/m0/s1. The third kappa shape index (κ3) is 5.12. The number of ether oxygens (including phenoxy) is 1. The summed E-state index contributed by atoms with van der Waals surface area (Å²) in [7, 11) is 0. The molecule has 0 bridgehead atoms. The number of carbonyl (C=O) groups is 1. The number of aliphatic hydroxyl groups is 1. The molecule has 1 heterocycles. The summed E-state index contributed by atoms with van der Waals surface area (Å²) in [6, 6.07) is 24.7. The van der Waals surface area contributed by atoms with Gasteiger partial charge in [0, 0.05) is 0 Å². The zero-order valence-electron chi connectivity index (χ0n) is 17.1. The quantitative estimate of drug-likeness (QED) is 0.456. The molecule has 0 spiro atoms. The first-order valence-corrected chi connectivity index (χ1v) is 10.1. The molecule has 1 unspecified atom stereocenters. The Morgan fingerprint density at radius 3 is 2.47 bits per heavy atom.